The van der Waals surface area contributed by atoms with Gasteiger partial charge in [-0.05, 0) is 31.6 Å². The molecule has 0 spiro atoms. The highest BCUT2D eigenvalue weighted by atomic mass is 16.5. The molecule has 6 heteroatoms. The molecule has 1 N–H and O–H groups in total. The maximum atomic E-state index is 10.6. The summed E-state index contributed by atoms with van der Waals surface area (Å²) in [6, 6.07) is 0. The van der Waals surface area contributed by atoms with Gasteiger partial charge >= 0.3 is 0 Å². The lowest BCUT2D eigenvalue weighted by atomic mass is 9.85. The van der Waals surface area contributed by atoms with Crippen LogP contribution in [-0.4, -0.2) is 20.2 Å². The fraction of sp³-hybridized carbons (Fsp3) is 0.722. The summed E-state index contributed by atoms with van der Waals surface area (Å²) in [5, 5.41) is 14.6. The number of rotatable bonds is 4. The molecule has 0 amide bonds. The first-order valence-electron chi connectivity index (χ1n) is 9.29. The van der Waals surface area contributed by atoms with Crippen molar-refractivity contribution in [2.24, 2.45) is 5.92 Å². The Morgan fingerprint density at radius 2 is 1.71 bits per heavy atom. The van der Waals surface area contributed by atoms with Crippen molar-refractivity contribution in [2.45, 2.75) is 76.2 Å². The zero-order valence-corrected chi connectivity index (χ0v) is 14.0. The number of aliphatic hydroxyl groups excluding tert-OH is 1. The first-order valence-corrected chi connectivity index (χ1v) is 9.29. The van der Waals surface area contributed by atoms with Gasteiger partial charge in [0.25, 0.3) is 5.89 Å². The average molecular weight is 331 g/mol. The fourth-order valence-corrected chi connectivity index (χ4v) is 3.70. The highest BCUT2D eigenvalue weighted by Crippen LogP contribution is 2.37. The van der Waals surface area contributed by atoms with Gasteiger partial charge in [0.1, 0.15) is 18.1 Å². The monoisotopic (exact) mass is 331 g/mol. The van der Waals surface area contributed by atoms with Crippen LogP contribution >= 0.6 is 0 Å². The van der Waals surface area contributed by atoms with Crippen molar-refractivity contribution < 1.29 is 14.0 Å². The van der Waals surface area contributed by atoms with E-state index < -0.39 is 6.10 Å². The summed E-state index contributed by atoms with van der Waals surface area (Å²) in [6.45, 7) is 0. The van der Waals surface area contributed by atoms with E-state index in [4.69, 9.17) is 8.94 Å². The van der Waals surface area contributed by atoms with E-state index in [0.29, 0.717) is 23.3 Å². The number of nitrogens with zero attached hydrogens (tertiary/aromatic N) is 3. The zero-order valence-electron chi connectivity index (χ0n) is 14.0. The first kappa shape index (κ1) is 15.8. The number of aromatic nitrogens is 3. The average Bonchev–Trinajstić information content (AvgIpc) is 3.13. The van der Waals surface area contributed by atoms with Gasteiger partial charge in [-0.15, -0.1) is 0 Å². The summed E-state index contributed by atoms with van der Waals surface area (Å²) in [7, 11) is 0. The van der Waals surface area contributed by atoms with Crippen LogP contribution < -0.4 is 0 Å². The van der Waals surface area contributed by atoms with E-state index in [1.54, 1.807) is 6.26 Å². The van der Waals surface area contributed by atoms with Gasteiger partial charge in [-0.3, -0.25) is 0 Å². The van der Waals surface area contributed by atoms with Crippen LogP contribution in [0.5, 0.6) is 0 Å². The molecular weight excluding hydrogens is 306 g/mol. The van der Waals surface area contributed by atoms with Crippen molar-refractivity contribution in [3.63, 3.8) is 0 Å². The zero-order chi connectivity index (χ0) is 16.4. The molecule has 0 saturated heterocycles. The molecule has 0 aromatic carbocycles. The van der Waals surface area contributed by atoms with Crippen LogP contribution in [0.3, 0.4) is 0 Å². The molecule has 1 atom stereocenters. The van der Waals surface area contributed by atoms with Crippen molar-refractivity contribution in [3.8, 4) is 11.5 Å². The van der Waals surface area contributed by atoms with Crippen LogP contribution in [0.15, 0.2) is 15.2 Å². The first-order chi connectivity index (χ1) is 11.8. The van der Waals surface area contributed by atoms with Crippen molar-refractivity contribution in [1.82, 2.24) is 15.1 Å². The molecule has 1 unspecified atom stereocenters. The largest absolute Gasteiger partial charge is 0.448 e. The Balaban J connectivity index is 1.46. The van der Waals surface area contributed by atoms with Gasteiger partial charge in [-0.25, -0.2) is 4.98 Å². The molecular formula is C18H25N3O3. The Morgan fingerprint density at radius 1 is 0.958 bits per heavy atom. The topological polar surface area (TPSA) is 85.2 Å². The van der Waals surface area contributed by atoms with Crippen molar-refractivity contribution in [3.05, 3.63) is 18.0 Å². The molecule has 0 radical (unpaired) electrons. The smallest absolute Gasteiger partial charge is 0.256 e. The number of oxazole rings is 1. The molecule has 2 fully saturated rings. The normalized spacial score (nSPS) is 21.9. The molecule has 6 nitrogen and oxygen atoms in total. The van der Waals surface area contributed by atoms with E-state index in [-0.39, 0.29) is 5.92 Å². The quantitative estimate of drug-likeness (QED) is 0.894. The summed E-state index contributed by atoms with van der Waals surface area (Å²) in [5.41, 5.74) is 0.594. The maximum Gasteiger partial charge on any atom is 0.256 e. The van der Waals surface area contributed by atoms with Gasteiger partial charge in [0, 0.05) is 5.92 Å². The number of hydrogen-bond acceptors (Lipinski definition) is 6. The lowest BCUT2D eigenvalue weighted by Crippen LogP contribution is -2.14. The standard InChI is InChI=1S/C18H25N3O3/c22-15(12-7-4-2-1-3-5-8-12)18-20-16(21-24-18)14-11-23-17(19-14)13-9-6-10-13/h11-13,15,22H,1-10H2. The predicted molar refractivity (Wildman–Crippen MR) is 87.2 cm³/mol. The number of aliphatic hydroxyl groups is 1. The van der Waals surface area contributed by atoms with E-state index in [9.17, 15) is 5.11 Å². The van der Waals surface area contributed by atoms with Crippen LogP contribution in [0.25, 0.3) is 11.5 Å². The SMILES string of the molecule is OC(c1nc(-c2coc(C3CCC3)n2)no1)C1CCCCCCC1. The minimum atomic E-state index is -0.678. The van der Waals surface area contributed by atoms with E-state index in [0.717, 1.165) is 44.4 Å². The molecule has 2 aliphatic rings. The highest BCUT2D eigenvalue weighted by molar-refractivity contribution is 5.46. The molecule has 0 bridgehead atoms. The molecule has 2 aromatic rings. The van der Waals surface area contributed by atoms with E-state index in [1.807, 2.05) is 0 Å². The third kappa shape index (κ3) is 3.24. The Kier molecular flexibility index (Phi) is 4.65. The second-order valence-corrected chi connectivity index (χ2v) is 7.21. The van der Waals surface area contributed by atoms with Crippen LogP contribution in [0.1, 0.15) is 88.0 Å². The lowest BCUT2D eigenvalue weighted by Gasteiger charge is -2.22. The van der Waals surface area contributed by atoms with Gasteiger partial charge in [0.05, 0.1) is 0 Å². The molecule has 2 heterocycles. The minimum absolute atomic E-state index is 0.210. The van der Waals surface area contributed by atoms with Crippen LogP contribution in [0, 0.1) is 5.92 Å². The van der Waals surface area contributed by atoms with Crippen LogP contribution in [0.4, 0.5) is 0 Å². The summed E-state index contributed by atoms with van der Waals surface area (Å²) in [5.74, 6) is 2.13. The van der Waals surface area contributed by atoms with Crippen molar-refractivity contribution in [1.29, 1.82) is 0 Å². The van der Waals surface area contributed by atoms with Gasteiger partial charge in [-0.2, -0.15) is 4.98 Å². The Bertz CT molecular complexity index is 654. The van der Waals surface area contributed by atoms with Crippen molar-refractivity contribution >= 4 is 0 Å². The predicted octanol–water partition coefficient (Wildman–Crippen LogP) is 4.39. The molecule has 130 valence electrons. The lowest BCUT2D eigenvalue weighted by molar-refractivity contribution is 0.0605. The summed E-state index contributed by atoms with van der Waals surface area (Å²) in [6.07, 6.45) is 12.6. The van der Waals surface area contributed by atoms with E-state index >= 15 is 0 Å². The van der Waals surface area contributed by atoms with Gasteiger partial charge in [0.15, 0.2) is 5.89 Å². The minimum Gasteiger partial charge on any atom is -0.448 e. The summed E-state index contributed by atoms with van der Waals surface area (Å²) >= 11 is 0. The summed E-state index contributed by atoms with van der Waals surface area (Å²) in [4.78, 5) is 8.86. The summed E-state index contributed by atoms with van der Waals surface area (Å²) < 4.78 is 10.9. The van der Waals surface area contributed by atoms with Crippen LogP contribution in [-0.2, 0) is 0 Å². The second kappa shape index (κ2) is 7.05. The Morgan fingerprint density at radius 3 is 2.42 bits per heavy atom. The van der Waals surface area contributed by atoms with Crippen LogP contribution in [0.2, 0.25) is 0 Å². The molecule has 2 aromatic heterocycles. The number of hydrogen-bond donors (Lipinski definition) is 1. The fourth-order valence-electron chi connectivity index (χ4n) is 3.70. The van der Waals surface area contributed by atoms with E-state index in [2.05, 4.69) is 15.1 Å². The van der Waals surface area contributed by atoms with Gasteiger partial charge in [-0.1, -0.05) is 43.7 Å². The van der Waals surface area contributed by atoms with E-state index in [1.165, 1.54) is 25.7 Å². The third-order valence-electron chi connectivity index (χ3n) is 5.50. The maximum absolute atomic E-state index is 10.6. The van der Waals surface area contributed by atoms with Gasteiger partial charge in [0.2, 0.25) is 5.82 Å². The van der Waals surface area contributed by atoms with Gasteiger partial charge < -0.3 is 14.0 Å². The molecule has 0 aliphatic heterocycles. The Labute approximate surface area is 141 Å². The molecule has 24 heavy (non-hydrogen) atoms. The van der Waals surface area contributed by atoms with Crippen molar-refractivity contribution in [2.75, 3.05) is 0 Å². The molecule has 4 rings (SSSR count). The highest BCUT2D eigenvalue weighted by Gasteiger charge is 2.28. The molecule has 2 saturated carbocycles. The second-order valence-electron chi connectivity index (χ2n) is 7.21. The molecule has 2 aliphatic carbocycles. The third-order valence-corrected chi connectivity index (χ3v) is 5.50. The Hall–Kier alpha value is -1.69.